The Bertz CT molecular complexity index is 2280. The van der Waals surface area contributed by atoms with Crippen LogP contribution in [0.25, 0.3) is 33.4 Å². The molecule has 300 valence electrons. The summed E-state index contributed by atoms with van der Waals surface area (Å²) in [5.41, 5.74) is 8.22. The second-order valence-electron chi connectivity index (χ2n) is 17.6. The minimum absolute atomic E-state index is 0.0993. The fourth-order valence-electron chi connectivity index (χ4n) is 10.1. The van der Waals surface area contributed by atoms with Crippen molar-refractivity contribution in [2.24, 2.45) is 23.7 Å². The van der Waals surface area contributed by atoms with Gasteiger partial charge in [0.2, 0.25) is 11.8 Å². The summed E-state index contributed by atoms with van der Waals surface area (Å²) in [4.78, 5) is 74.4. The van der Waals surface area contributed by atoms with Gasteiger partial charge in [-0.15, -0.1) is 0 Å². The van der Waals surface area contributed by atoms with E-state index in [4.69, 9.17) is 14.7 Å². The average Bonchev–Trinajstić information content (AvgIpc) is 3.89. The minimum atomic E-state index is -1.10. The second kappa shape index (κ2) is 13.9. The van der Waals surface area contributed by atoms with Crippen molar-refractivity contribution in [1.29, 1.82) is 0 Å². The number of alkyl carbamates (subject to hydrolysis) is 1. The smallest absolute Gasteiger partial charge is 0.407 e. The lowest BCUT2D eigenvalue weighted by molar-refractivity contribution is -0.140. The molecule has 14 nitrogen and oxygen atoms in total. The fraction of sp³-hybridized carbons (Fsp3) is 0.535. The van der Waals surface area contributed by atoms with Crippen molar-refractivity contribution >= 4 is 35.0 Å². The molecule has 9 rings (SSSR count). The van der Waals surface area contributed by atoms with Crippen LogP contribution in [0.3, 0.4) is 0 Å². The zero-order valence-corrected chi connectivity index (χ0v) is 33.4. The lowest BCUT2D eigenvalue weighted by atomic mass is 9.96. The number of aromatic amines is 2. The summed E-state index contributed by atoms with van der Waals surface area (Å²) in [5, 5.41) is 12.5. The van der Waals surface area contributed by atoms with E-state index < -0.39 is 24.3 Å². The molecule has 5 aliphatic rings. The van der Waals surface area contributed by atoms with Gasteiger partial charge in [0.25, 0.3) is 0 Å². The van der Waals surface area contributed by atoms with Crippen LogP contribution in [0.5, 0.6) is 0 Å². The first kappa shape index (κ1) is 37.2. The highest BCUT2D eigenvalue weighted by atomic mass is 16.5. The van der Waals surface area contributed by atoms with Gasteiger partial charge in [0, 0.05) is 30.4 Å². The number of H-pyrrole nitrogens is 2. The molecule has 2 aliphatic heterocycles. The van der Waals surface area contributed by atoms with E-state index >= 15 is 0 Å². The average molecular weight is 777 g/mol. The van der Waals surface area contributed by atoms with Crippen molar-refractivity contribution < 1.29 is 29.0 Å². The molecule has 57 heavy (non-hydrogen) atoms. The first-order chi connectivity index (χ1) is 27.3. The zero-order chi connectivity index (χ0) is 40.0. The SMILES string of the molecule is COC(=O)N[C@H](C(=O)N1[C@@H]2CC2C[C@H]1c1nc2ccc(-c3ccc4c(c3)CCCc3[nH]c([C@@H]5C[C@H]6C[C@H]6N5C(=O)[C@H](C(C)C)N(C)C(=O)O)nc3-4)cc2[nH]1)C(C)C. The van der Waals surface area contributed by atoms with Gasteiger partial charge in [-0.2, -0.15) is 0 Å². The molecule has 1 unspecified atom stereocenters. The summed E-state index contributed by atoms with van der Waals surface area (Å²) in [6.07, 6.45) is 4.58. The first-order valence-electron chi connectivity index (χ1n) is 20.5. The number of aryl methyl sites for hydroxylation is 2. The Balaban J connectivity index is 0.969. The van der Waals surface area contributed by atoms with Crippen LogP contribution in [0.15, 0.2) is 36.4 Å². The van der Waals surface area contributed by atoms with E-state index in [1.807, 2.05) is 43.6 Å². The number of benzene rings is 2. The molecule has 8 atom stereocenters. The number of hydrogen-bond acceptors (Lipinski definition) is 7. The quantitative estimate of drug-likeness (QED) is 0.150. The van der Waals surface area contributed by atoms with Gasteiger partial charge in [-0.25, -0.2) is 19.6 Å². The number of hydrogen-bond donors (Lipinski definition) is 4. The van der Waals surface area contributed by atoms with E-state index in [0.717, 1.165) is 101 Å². The number of rotatable bonds is 9. The van der Waals surface area contributed by atoms with E-state index in [0.29, 0.717) is 11.8 Å². The molecular formula is C43H52N8O6. The molecule has 14 heteroatoms. The van der Waals surface area contributed by atoms with Gasteiger partial charge in [-0.05, 0) is 97.4 Å². The number of fused-ring (bicyclic) bond motifs is 6. The van der Waals surface area contributed by atoms with E-state index in [9.17, 15) is 24.3 Å². The van der Waals surface area contributed by atoms with Gasteiger partial charge in [0.15, 0.2) is 0 Å². The third kappa shape index (κ3) is 6.41. The Morgan fingerprint density at radius 3 is 2.14 bits per heavy atom. The van der Waals surface area contributed by atoms with Crippen LogP contribution >= 0.6 is 0 Å². The normalized spacial score (nSPS) is 25.3. The Kier molecular flexibility index (Phi) is 9.08. The van der Waals surface area contributed by atoms with Gasteiger partial charge >= 0.3 is 12.2 Å². The molecular weight excluding hydrogens is 725 g/mol. The number of likely N-dealkylation sites (N-methyl/N-ethyl adjacent to an activating group) is 1. The summed E-state index contributed by atoms with van der Waals surface area (Å²) in [6.45, 7) is 7.65. The maximum atomic E-state index is 14.1. The number of piperidine rings is 2. The van der Waals surface area contributed by atoms with Crippen LogP contribution in [0.1, 0.15) is 94.8 Å². The van der Waals surface area contributed by atoms with Crippen molar-refractivity contribution in [2.45, 2.75) is 109 Å². The van der Waals surface area contributed by atoms with Gasteiger partial charge < -0.3 is 34.9 Å². The maximum Gasteiger partial charge on any atom is 0.407 e. The number of likely N-dealkylation sites (tertiary alicyclic amines) is 2. The highest BCUT2D eigenvalue weighted by molar-refractivity contribution is 5.88. The van der Waals surface area contributed by atoms with E-state index in [2.05, 4.69) is 45.6 Å². The molecule has 4 aromatic rings. The van der Waals surface area contributed by atoms with Crippen molar-refractivity contribution in [2.75, 3.05) is 14.2 Å². The third-order valence-electron chi connectivity index (χ3n) is 13.2. The summed E-state index contributed by atoms with van der Waals surface area (Å²) in [6, 6.07) is 11.3. The van der Waals surface area contributed by atoms with E-state index in [1.54, 1.807) is 0 Å². The minimum Gasteiger partial charge on any atom is -0.465 e. The molecule has 0 radical (unpaired) electrons. The maximum absolute atomic E-state index is 14.1. The predicted octanol–water partition coefficient (Wildman–Crippen LogP) is 6.45. The van der Waals surface area contributed by atoms with E-state index in [1.165, 1.54) is 19.7 Å². The summed E-state index contributed by atoms with van der Waals surface area (Å²) >= 11 is 0. The molecule has 2 saturated carbocycles. The lowest BCUT2D eigenvalue weighted by Crippen LogP contribution is -2.52. The molecule has 3 aliphatic carbocycles. The van der Waals surface area contributed by atoms with Gasteiger partial charge in [-0.1, -0.05) is 52.0 Å². The molecule has 2 aromatic carbocycles. The van der Waals surface area contributed by atoms with Crippen molar-refractivity contribution in [3.63, 3.8) is 0 Å². The van der Waals surface area contributed by atoms with Gasteiger partial charge in [-0.3, -0.25) is 14.5 Å². The standard InChI is InChI=1S/C43H52N8O6/c1-20(2)35(48-42(54)57-6)40(52)50-31-16-25(31)18-33(50)38-44-28-13-11-23(15-30(28)46-38)22-10-12-27-24(14-22)8-7-9-29-36(27)47-39(45-29)34-19-26-17-32(26)51(34)41(53)37(21(3)4)49(5)43(55)56/h10-15,20-21,25-26,31-35,37H,7-9,16-19H2,1-6H3,(H,44,46)(H,45,47)(H,48,54)(H,55,56)/t25?,26-,31-,32-,33+,34+,35+,37+/m1/s1. The van der Waals surface area contributed by atoms with Crippen molar-refractivity contribution in [3.05, 3.63) is 59.3 Å². The zero-order valence-electron chi connectivity index (χ0n) is 33.4. The molecule has 4 fully saturated rings. The van der Waals surface area contributed by atoms with Gasteiger partial charge in [0.1, 0.15) is 23.7 Å². The van der Waals surface area contributed by atoms with Crippen LogP contribution in [-0.2, 0) is 27.2 Å². The molecule has 2 saturated heterocycles. The predicted molar refractivity (Wildman–Crippen MR) is 212 cm³/mol. The van der Waals surface area contributed by atoms with Crippen molar-refractivity contribution in [3.8, 4) is 22.4 Å². The van der Waals surface area contributed by atoms with Crippen LogP contribution < -0.4 is 5.32 Å². The van der Waals surface area contributed by atoms with Crippen LogP contribution in [-0.4, -0.2) is 102 Å². The lowest BCUT2D eigenvalue weighted by Gasteiger charge is -2.35. The highest BCUT2D eigenvalue weighted by Crippen LogP contribution is 2.55. The van der Waals surface area contributed by atoms with Crippen LogP contribution in [0.4, 0.5) is 9.59 Å². The Labute approximate surface area is 331 Å². The fourth-order valence-corrected chi connectivity index (χ4v) is 10.1. The Morgan fingerprint density at radius 1 is 0.842 bits per heavy atom. The van der Waals surface area contributed by atoms with Gasteiger partial charge in [0.05, 0.1) is 35.9 Å². The number of methoxy groups -OCH3 is 1. The summed E-state index contributed by atoms with van der Waals surface area (Å²) < 4.78 is 4.82. The molecule has 2 aromatic heterocycles. The number of carbonyl (C=O) groups is 4. The Hall–Kier alpha value is -5.40. The molecule has 4 amide bonds. The third-order valence-corrected chi connectivity index (χ3v) is 13.2. The number of imidazole rings is 2. The Morgan fingerprint density at radius 2 is 1.49 bits per heavy atom. The topological polar surface area (TPSA) is 177 Å². The first-order valence-corrected chi connectivity index (χ1v) is 20.5. The number of amides is 4. The number of nitrogens with one attached hydrogen (secondary N) is 3. The monoisotopic (exact) mass is 776 g/mol. The molecule has 0 bridgehead atoms. The summed E-state index contributed by atoms with van der Waals surface area (Å²) in [5.74, 6) is 1.90. The van der Waals surface area contributed by atoms with Crippen LogP contribution in [0.2, 0.25) is 0 Å². The number of nitrogens with zero attached hydrogens (tertiary/aromatic N) is 5. The largest absolute Gasteiger partial charge is 0.465 e. The number of ether oxygens (including phenoxy) is 1. The molecule has 4 heterocycles. The van der Waals surface area contributed by atoms with Crippen molar-refractivity contribution in [1.82, 2.24) is 40.0 Å². The molecule has 0 spiro atoms. The van der Waals surface area contributed by atoms with Crippen LogP contribution in [0, 0.1) is 23.7 Å². The second-order valence-corrected chi connectivity index (χ2v) is 17.6. The van der Waals surface area contributed by atoms with E-state index in [-0.39, 0.29) is 47.8 Å². The highest BCUT2D eigenvalue weighted by Gasteiger charge is 2.58. The number of aromatic nitrogens is 4. The number of carbonyl (C=O) groups excluding carboxylic acids is 3. The summed E-state index contributed by atoms with van der Waals surface area (Å²) in [7, 11) is 2.79. The number of carboxylic acid groups (broad SMARTS) is 1. The molecule has 4 N–H and O–H groups in total.